The number of halogens is 8. The minimum atomic E-state index is -4.28. The second kappa shape index (κ2) is 14.7. The normalized spacial score (nSPS) is 17.0. The van der Waals surface area contributed by atoms with Crippen molar-refractivity contribution < 1.29 is 44.6 Å². The van der Waals surface area contributed by atoms with Crippen molar-refractivity contribution in [3.05, 3.63) is 119 Å². The number of hydrogen-bond acceptors (Lipinski definition) is 2. The molecule has 5 rings (SSSR count). The average Bonchev–Trinajstić information content (AvgIpc) is 3.03. The van der Waals surface area contributed by atoms with E-state index >= 15 is 4.39 Å². The molecule has 0 amide bonds. The van der Waals surface area contributed by atoms with Gasteiger partial charge in [0.15, 0.2) is 17.5 Å². The summed E-state index contributed by atoms with van der Waals surface area (Å²) in [5.41, 5.74) is 1.15. The second-order valence-corrected chi connectivity index (χ2v) is 11.6. The molecule has 2 atom stereocenters. The van der Waals surface area contributed by atoms with E-state index in [2.05, 4.69) is 11.7 Å². The standard InChI is InChI=1S/C37H32F8O2/c1-2-3-4-5-22-6-13-35(46-21-22)24-9-7-23(8-10-24)25-11-12-28(30(38)16-25)26-17-31(39)29(32(40)18-26)14-15-37(44,45)47-27-19-33(41)36(43)34(42)20-27/h7-12,14-20,22,35H,2-6,13,21H2,1H3. The molecule has 2 nitrogen and oxygen atoms in total. The van der Waals surface area contributed by atoms with Gasteiger partial charge < -0.3 is 9.47 Å². The van der Waals surface area contributed by atoms with Gasteiger partial charge in [0.2, 0.25) is 0 Å². The summed E-state index contributed by atoms with van der Waals surface area (Å²) in [6.07, 6.45) is 2.95. The van der Waals surface area contributed by atoms with E-state index in [4.69, 9.17) is 4.74 Å². The molecule has 1 fully saturated rings. The molecule has 10 heteroatoms. The lowest BCUT2D eigenvalue weighted by Crippen LogP contribution is -2.21. The predicted octanol–water partition coefficient (Wildman–Crippen LogP) is 11.6. The van der Waals surface area contributed by atoms with Crippen molar-refractivity contribution in [2.75, 3.05) is 6.61 Å². The van der Waals surface area contributed by atoms with Crippen LogP contribution in [0.15, 0.2) is 72.8 Å². The Hall–Kier alpha value is -4.18. The Morgan fingerprint density at radius 3 is 1.98 bits per heavy atom. The van der Waals surface area contributed by atoms with Gasteiger partial charge in [0.05, 0.1) is 12.7 Å². The van der Waals surface area contributed by atoms with Gasteiger partial charge in [0.25, 0.3) is 0 Å². The van der Waals surface area contributed by atoms with Crippen LogP contribution in [0.1, 0.15) is 62.7 Å². The van der Waals surface area contributed by atoms with Crippen molar-refractivity contribution in [1.82, 2.24) is 0 Å². The molecular formula is C37H32F8O2. The van der Waals surface area contributed by atoms with Crippen LogP contribution in [-0.2, 0) is 4.74 Å². The van der Waals surface area contributed by atoms with E-state index in [0.717, 1.165) is 42.7 Å². The van der Waals surface area contributed by atoms with Crippen molar-refractivity contribution in [3.63, 3.8) is 0 Å². The van der Waals surface area contributed by atoms with Crippen molar-refractivity contribution in [3.8, 4) is 28.0 Å². The Balaban J connectivity index is 1.26. The summed E-state index contributed by atoms with van der Waals surface area (Å²) in [6.45, 7) is 2.93. The SMILES string of the molecule is CCCCCC1CCC(c2ccc(-c3ccc(-c4cc(F)c(C=CC(F)(F)Oc5cc(F)c(F)c(F)c5)c(F)c4)c(F)c3)cc2)OC1. The number of benzene rings is 4. The smallest absolute Gasteiger partial charge is 0.419 e. The highest BCUT2D eigenvalue weighted by atomic mass is 19.3. The van der Waals surface area contributed by atoms with Gasteiger partial charge in [-0.25, -0.2) is 26.3 Å². The highest BCUT2D eigenvalue weighted by Gasteiger charge is 2.29. The number of rotatable bonds is 11. The maximum atomic E-state index is 15.2. The average molecular weight is 661 g/mol. The maximum absolute atomic E-state index is 15.2. The predicted molar refractivity (Wildman–Crippen MR) is 164 cm³/mol. The summed E-state index contributed by atoms with van der Waals surface area (Å²) < 4.78 is 123. The van der Waals surface area contributed by atoms with Gasteiger partial charge in [-0.05, 0) is 71.7 Å². The molecule has 0 aliphatic carbocycles. The number of alkyl halides is 2. The summed E-state index contributed by atoms with van der Waals surface area (Å²) in [4.78, 5) is 0. The Labute approximate surface area is 267 Å². The lowest BCUT2D eigenvalue weighted by atomic mass is 9.90. The van der Waals surface area contributed by atoms with E-state index in [-0.39, 0.29) is 35.4 Å². The fourth-order valence-corrected chi connectivity index (χ4v) is 5.66. The molecule has 0 radical (unpaired) electrons. The third kappa shape index (κ3) is 8.41. The first-order valence-electron chi connectivity index (χ1n) is 15.4. The van der Waals surface area contributed by atoms with E-state index in [1.807, 2.05) is 24.3 Å². The monoisotopic (exact) mass is 660 g/mol. The van der Waals surface area contributed by atoms with Crippen molar-refractivity contribution >= 4 is 6.08 Å². The number of ether oxygens (including phenoxy) is 2. The Bertz CT molecular complexity index is 1680. The van der Waals surface area contributed by atoms with Gasteiger partial charge in [-0.3, -0.25) is 0 Å². The van der Waals surface area contributed by atoms with Crippen LogP contribution in [-0.4, -0.2) is 12.7 Å². The number of unbranched alkanes of at least 4 members (excludes halogenated alkanes) is 2. The van der Waals surface area contributed by atoms with Gasteiger partial charge in [0, 0.05) is 29.3 Å². The third-order valence-corrected chi connectivity index (χ3v) is 8.22. The fraction of sp³-hybridized carbons (Fsp3) is 0.297. The van der Waals surface area contributed by atoms with Gasteiger partial charge in [0.1, 0.15) is 23.2 Å². The minimum Gasteiger partial charge on any atom is -0.429 e. The van der Waals surface area contributed by atoms with Crippen LogP contribution in [0.25, 0.3) is 28.3 Å². The lowest BCUT2D eigenvalue weighted by Gasteiger charge is -2.29. The Morgan fingerprint density at radius 2 is 1.38 bits per heavy atom. The van der Waals surface area contributed by atoms with Crippen LogP contribution in [0.3, 0.4) is 0 Å². The molecule has 1 saturated heterocycles. The highest BCUT2D eigenvalue weighted by Crippen LogP contribution is 2.35. The van der Waals surface area contributed by atoms with E-state index in [0.29, 0.717) is 17.6 Å². The third-order valence-electron chi connectivity index (χ3n) is 8.22. The van der Waals surface area contributed by atoms with Gasteiger partial charge in [-0.15, -0.1) is 0 Å². The second-order valence-electron chi connectivity index (χ2n) is 11.6. The zero-order valence-electron chi connectivity index (χ0n) is 25.5. The van der Waals surface area contributed by atoms with Crippen molar-refractivity contribution in [2.24, 2.45) is 5.92 Å². The van der Waals surface area contributed by atoms with Crippen LogP contribution in [0, 0.1) is 40.8 Å². The first kappa shape index (κ1) is 34.2. The summed E-state index contributed by atoms with van der Waals surface area (Å²) in [5, 5.41) is 0. The topological polar surface area (TPSA) is 18.5 Å². The van der Waals surface area contributed by atoms with Crippen LogP contribution in [0.2, 0.25) is 0 Å². The van der Waals surface area contributed by atoms with Crippen LogP contribution in [0.5, 0.6) is 5.75 Å². The molecule has 248 valence electrons. The molecule has 0 spiro atoms. The van der Waals surface area contributed by atoms with Crippen molar-refractivity contribution in [1.29, 1.82) is 0 Å². The lowest BCUT2D eigenvalue weighted by molar-refractivity contribution is -0.131. The Kier molecular flexibility index (Phi) is 10.7. The molecule has 4 aromatic rings. The van der Waals surface area contributed by atoms with E-state index in [1.165, 1.54) is 37.8 Å². The zero-order valence-corrected chi connectivity index (χ0v) is 25.5. The quantitative estimate of drug-likeness (QED) is 0.0906. The number of hydrogen-bond donors (Lipinski definition) is 0. The summed E-state index contributed by atoms with van der Waals surface area (Å²) in [6, 6.07) is 13.8. The molecule has 4 aromatic carbocycles. The molecule has 0 saturated carbocycles. The molecular weight excluding hydrogens is 628 g/mol. The van der Waals surface area contributed by atoms with E-state index in [1.54, 1.807) is 6.07 Å². The van der Waals surface area contributed by atoms with Gasteiger partial charge in [-0.1, -0.05) is 62.6 Å². The van der Waals surface area contributed by atoms with Crippen molar-refractivity contribution in [2.45, 2.75) is 57.7 Å². The van der Waals surface area contributed by atoms with Crippen LogP contribution in [0.4, 0.5) is 35.1 Å². The highest BCUT2D eigenvalue weighted by molar-refractivity contribution is 5.72. The minimum absolute atomic E-state index is 0.0101. The summed E-state index contributed by atoms with van der Waals surface area (Å²) in [7, 11) is 0. The zero-order chi connectivity index (χ0) is 33.7. The van der Waals surface area contributed by atoms with Crippen LogP contribution < -0.4 is 4.74 Å². The first-order chi connectivity index (χ1) is 22.4. The molecule has 2 unspecified atom stereocenters. The summed E-state index contributed by atoms with van der Waals surface area (Å²) >= 11 is 0. The van der Waals surface area contributed by atoms with Gasteiger partial charge in [-0.2, -0.15) is 8.78 Å². The van der Waals surface area contributed by atoms with E-state index in [9.17, 15) is 30.7 Å². The molecule has 0 aromatic heterocycles. The molecule has 1 heterocycles. The molecule has 1 aliphatic rings. The molecule has 47 heavy (non-hydrogen) atoms. The van der Waals surface area contributed by atoms with Gasteiger partial charge >= 0.3 is 6.11 Å². The van der Waals surface area contributed by atoms with E-state index < -0.39 is 52.3 Å². The Morgan fingerprint density at radius 1 is 0.745 bits per heavy atom. The first-order valence-corrected chi connectivity index (χ1v) is 15.4. The summed E-state index contributed by atoms with van der Waals surface area (Å²) in [5.74, 6) is -9.17. The molecule has 1 aliphatic heterocycles. The fourth-order valence-electron chi connectivity index (χ4n) is 5.66. The largest absolute Gasteiger partial charge is 0.429 e. The maximum Gasteiger partial charge on any atom is 0.419 e. The molecule has 0 bridgehead atoms. The van der Waals surface area contributed by atoms with Crippen LogP contribution >= 0.6 is 0 Å². The molecule has 0 N–H and O–H groups in total.